The molecule has 0 spiro atoms. The van der Waals surface area contributed by atoms with Crippen molar-refractivity contribution in [1.82, 2.24) is 14.5 Å². The van der Waals surface area contributed by atoms with Crippen molar-refractivity contribution in [3.8, 4) is 0 Å². The lowest BCUT2D eigenvalue weighted by molar-refractivity contribution is 1.03. The zero-order valence-corrected chi connectivity index (χ0v) is 6.77. The van der Waals surface area contributed by atoms with Gasteiger partial charge in [-0.15, -0.1) is 0 Å². The minimum atomic E-state index is -0.116. The van der Waals surface area contributed by atoms with Gasteiger partial charge in [0.1, 0.15) is 5.52 Å². The molecule has 0 bridgehead atoms. The van der Waals surface area contributed by atoms with E-state index in [2.05, 4.69) is 19.5 Å². The van der Waals surface area contributed by atoms with Crippen molar-refractivity contribution in [2.75, 3.05) is 0 Å². The van der Waals surface area contributed by atoms with Crippen LogP contribution < -0.4 is 5.56 Å². The van der Waals surface area contributed by atoms with Crippen LogP contribution in [-0.2, 0) is 0 Å². The van der Waals surface area contributed by atoms with E-state index in [4.69, 9.17) is 0 Å². The quantitative estimate of drug-likeness (QED) is 0.576. The second-order valence-electron chi connectivity index (χ2n) is 2.20. The number of hydrogen-bond donors (Lipinski definition) is 1. The van der Waals surface area contributed by atoms with Crippen molar-refractivity contribution in [3.63, 3.8) is 0 Å². The van der Waals surface area contributed by atoms with Crippen LogP contribution in [0.15, 0.2) is 23.3 Å². The minimum Gasteiger partial charge on any atom is -0.327 e. The number of rotatable bonds is 0. The summed E-state index contributed by atoms with van der Waals surface area (Å²) >= 11 is 0. The summed E-state index contributed by atoms with van der Waals surface area (Å²) in [4.78, 5) is 13.7. The van der Waals surface area contributed by atoms with Crippen LogP contribution in [0.4, 0.5) is 0 Å². The lowest BCUT2D eigenvalue weighted by atomic mass is 10.3. The van der Waals surface area contributed by atoms with Crippen molar-refractivity contribution in [2.24, 2.45) is 0 Å². The monoisotopic (exact) mass is 167 g/mol. The molecule has 2 heterocycles. The number of aromatic amines is 1. The number of aromatic nitrogens is 3. The molecule has 4 nitrogen and oxygen atoms in total. The molecular formula is C6H6N3OP. The molecule has 0 saturated carbocycles. The molecule has 0 fully saturated rings. The van der Waals surface area contributed by atoms with Gasteiger partial charge in [0, 0.05) is 11.6 Å². The fourth-order valence-electron chi connectivity index (χ4n) is 1.01. The normalized spacial score (nSPS) is 10.6. The number of pyridine rings is 1. The molecule has 0 amide bonds. The standard InChI is InChI=1S/C6H6N3OP/c10-6-5-4(1-2-7-6)3-8-9(5)11/h1-3H,11H2,(H,7,10). The molecule has 56 valence electrons. The molecule has 0 aliphatic rings. The topological polar surface area (TPSA) is 50.7 Å². The van der Waals surface area contributed by atoms with Gasteiger partial charge in [-0.3, -0.25) is 4.79 Å². The third kappa shape index (κ3) is 0.870. The van der Waals surface area contributed by atoms with E-state index in [1.165, 1.54) is 4.45 Å². The van der Waals surface area contributed by atoms with E-state index in [1.807, 2.05) is 6.07 Å². The second-order valence-corrected chi connectivity index (χ2v) is 2.69. The summed E-state index contributed by atoms with van der Waals surface area (Å²) in [5.74, 6) is 0. The molecule has 1 N–H and O–H groups in total. The molecule has 5 heteroatoms. The number of H-pyrrole nitrogens is 1. The highest BCUT2D eigenvalue weighted by Crippen LogP contribution is 2.08. The Morgan fingerprint density at radius 2 is 2.45 bits per heavy atom. The maximum Gasteiger partial charge on any atom is 0.274 e. The van der Waals surface area contributed by atoms with Crippen LogP contribution in [0, 0.1) is 0 Å². The number of nitrogens with one attached hydrogen (secondary N) is 1. The molecule has 2 aromatic rings. The van der Waals surface area contributed by atoms with Crippen LogP contribution in [-0.4, -0.2) is 14.5 Å². The Hall–Kier alpha value is -1.15. The smallest absolute Gasteiger partial charge is 0.274 e. The highest BCUT2D eigenvalue weighted by Gasteiger charge is 2.00. The first-order valence-corrected chi connectivity index (χ1v) is 3.61. The van der Waals surface area contributed by atoms with Gasteiger partial charge in [-0.25, -0.2) is 4.45 Å². The molecule has 0 saturated heterocycles. The van der Waals surface area contributed by atoms with Gasteiger partial charge in [-0.2, -0.15) is 5.10 Å². The van der Waals surface area contributed by atoms with Crippen molar-refractivity contribution >= 4 is 20.3 Å². The van der Waals surface area contributed by atoms with E-state index >= 15 is 0 Å². The van der Waals surface area contributed by atoms with Crippen LogP contribution in [0.1, 0.15) is 0 Å². The largest absolute Gasteiger partial charge is 0.327 e. The summed E-state index contributed by atoms with van der Waals surface area (Å²) in [5, 5.41) is 4.77. The number of nitrogens with zero attached hydrogens (tertiary/aromatic N) is 2. The van der Waals surface area contributed by atoms with Gasteiger partial charge in [0.15, 0.2) is 0 Å². The van der Waals surface area contributed by atoms with Gasteiger partial charge >= 0.3 is 0 Å². The third-order valence-electron chi connectivity index (χ3n) is 1.52. The summed E-state index contributed by atoms with van der Waals surface area (Å²) in [6.45, 7) is 0. The maximum atomic E-state index is 11.1. The van der Waals surface area contributed by atoms with Crippen molar-refractivity contribution < 1.29 is 0 Å². The molecule has 0 radical (unpaired) electrons. The summed E-state index contributed by atoms with van der Waals surface area (Å²) in [5.41, 5.74) is 0.465. The van der Waals surface area contributed by atoms with E-state index in [0.29, 0.717) is 5.52 Å². The molecule has 0 aliphatic carbocycles. The van der Waals surface area contributed by atoms with Gasteiger partial charge in [-0.1, -0.05) is 0 Å². The molecule has 1 unspecified atom stereocenters. The fourth-order valence-corrected chi connectivity index (χ4v) is 1.34. The predicted octanol–water partition coefficient (Wildman–Crippen LogP) is 0.363. The van der Waals surface area contributed by atoms with Crippen LogP contribution in [0.5, 0.6) is 0 Å². The Kier molecular flexibility index (Phi) is 1.29. The molecule has 1 atom stereocenters. The van der Waals surface area contributed by atoms with Crippen LogP contribution in [0.2, 0.25) is 0 Å². The van der Waals surface area contributed by atoms with E-state index < -0.39 is 0 Å². The van der Waals surface area contributed by atoms with Gasteiger partial charge in [0.05, 0.1) is 6.20 Å². The summed E-state index contributed by atoms with van der Waals surface area (Å²) < 4.78 is 1.48. The average molecular weight is 167 g/mol. The Morgan fingerprint density at radius 1 is 1.64 bits per heavy atom. The summed E-state index contributed by atoms with van der Waals surface area (Å²) in [7, 11) is 2.35. The average Bonchev–Trinajstić information content (AvgIpc) is 2.34. The second kappa shape index (κ2) is 2.17. The predicted molar refractivity (Wildman–Crippen MR) is 45.5 cm³/mol. The first kappa shape index (κ1) is 6.55. The summed E-state index contributed by atoms with van der Waals surface area (Å²) in [6.07, 6.45) is 3.26. The first-order chi connectivity index (χ1) is 5.29. The van der Waals surface area contributed by atoms with Gasteiger partial charge in [0.2, 0.25) is 0 Å². The lowest BCUT2D eigenvalue weighted by Crippen LogP contribution is -2.06. The summed E-state index contributed by atoms with van der Waals surface area (Å²) in [6, 6.07) is 1.81. The first-order valence-electron chi connectivity index (χ1n) is 3.09. The Morgan fingerprint density at radius 3 is 3.18 bits per heavy atom. The van der Waals surface area contributed by atoms with Crippen LogP contribution in [0.25, 0.3) is 10.9 Å². The number of hydrogen-bond acceptors (Lipinski definition) is 2. The van der Waals surface area contributed by atoms with Crippen LogP contribution >= 0.6 is 9.39 Å². The van der Waals surface area contributed by atoms with E-state index in [9.17, 15) is 4.79 Å². The highest BCUT2D eigenvalue weighted by molar-refractivity contribution is 7.14. The van der Waals surface area contributed by atoms with E-state index in [0.717, 1.165) is 5.39 Å². The molecule has 2 rings (SSSR count). The molecule has 11 heavy (non-hydrogen) atoms. The fraction of sp³-hybridized carbons (Fsp3) is 0. The number of fused-ring (bicyclic) bond motifs is 1. The van der Waals surface area contributed by atoms with Gasteiger partial charge in [-0.05, 0) is 15.5 Å². The molecular weight excluding hydrogens is 161 g/mol. The SMILES string of the molecule is O=c1[nH]ccc2cnn(P)c12. The van der Waals surface area contributed by atoms with E-state index in [-0.39, 0.29) is 5.56 Å². The third-order valence-corrected chi connectivity index (χ3v) is 1.91. The molecule has 0 aromatic carbocycles. The Balaban J connectivity index is 3.08. The Bertz CT molecular complexity index is 444. The lowest BCUT2D eigenvalue weighted by Gasteiger charge is -1.89. The Labute approximate surface area is 64.5 Å². The van der Waals surface area contributed by atoms with E-state index in [1.54, 1.807) is 12.4 Å². The molecule has 2 aromatic heterocycles. The van der Waals surface area contributed by atoms with Crippen molar-refractivity contribution in [3.05, 3.63) is 28.8 Å². The minimum absolute atomic E-state index is 0.116. The molecule has 0 aliphatic heterocycles. The zero-order valence-electron chi connectivity index (χ0n) is 5.61. The van der Waals surface area contributed by atoms with Crippen molar-refractivity contribution in [1.29, 1.82) is 0 Å². The zero-order chi connectivity index (χ0) is 7.84. The maximum absolute atomic E-state index is 11.1. The van der Waals surface area contributed by atoms with Gasteiger partial charge in [0.25, 0.3) is 5.56 Å². The van der Waals surface area contributed by atoms with Gasteiger partial charge < -0.3 is 4.98 Å². The van der Waals surface area contributed by atoms with Crippen LogP contribution in [0.3, 0.4) is 0 Å². The van der Waals surface area contributed by atoms with Crippen molar-refractivity contribution in [2.45, 2.75) is 0 Å². The highest BCUT2D eigenvalue weighted by atomic mass is 31.0.